The Labute approximate surface area is 165 Å². The Morgan fingerprint density at radius 1 is 0.640 bits per heavy atom. The summed E-state index contributed by atoms with van der Waals surface area (Å²) in [5, 5.41) is 3.49. The van der Waals surface area contributed by atoms with E-state index >= 15 is 0 Å². The highest BCUT2D eigenvalue weighted by Crippen LogP contribution is 2.48. The van der Waals surface area contributed by atoms with Gasteiger partial charge < -0.3 is 4.43 Å². The van der Waals surface area contributed by atoms with E-state index in [1.807, 2.05) is 11.2 Å². The highest BCUT2D eigenvalue weighted by Gasteiger charge is 2.45. The summed E-state index contributed by atoms with van der Waals surface area (Å²) in [6.07, 6.45) is 0. The van der Waals surface area contributed by atoms with Crippen molar-refractivity contribution in [3.63, 3.8) is 0 Å². The molecular formula is C21H44OSSi2. The van der Waals surface area contributed by atoms with Crippen LogP contribution in [0.2, 0.25) is 33.2 Å². The van der Waals surface area contributed by atoms with Crippen LogP contribution in [0.25, 0.3) is 0 Å². The average Bonchev–Trinajstić information content (AvgIpc) is 2.44. The van der Waals surface area contributed by atoms with Gasteiger partial charge in [-0.2, -0.15) is 0 Å². The first-order valence-electron chi connectivity index (χ1n) is 10.2. The highest BCUT2D eigenvalue weighted by molar-refractivity contribution is 8.32. The molecule has 0 aromatic heterocycles. The van der Waals surface area contributed by atoms with E-state index in [2.05, 4.69) is 94.3 Å². The Balaban J connectivity index is 5.22. The van der Waals surface area contributed by atoms with Crippen molar-refractivity contribution in [1.29, 1.82) is 0 Å². The molecule has 0 aromatic rings. The molecule has 0 heterocycles. The van der Waals surface area contributed by atoms with E-state index in [0.717, 1.165) is 16.6 Å². The zero-order valence-corrected chi connectivity index (χ0v) is 21.8. The molecule has 0 radical (unpaired) electrons. The smallest absolute Gasteiger partial charge is 0.201 e. The van der Waals surface area contributed by atoms with Crippen LogP contribution >= 0.6 is 11.2 Å². The molecule has 148 valence electrons. The lowest BCUT2D eigenvalue weighted by Gasteiger charge is -2.41. The number of hydrogen-bond donors (Lipinski definition) is 0. The van der Waals surface area contributed by atoms with E-state index in [0.29, 0.717) is 23.2 Å². The van der Waals surface area contributed by atoms with E-state index in [9.17, 15) is 0 Å². The molecule has 0 saturated carbocycles. The molecule has 0 saturated heterocycles. The summed E-state index contributed by atoms with van der Waals surface area (Å²) < 4.78 is 6.58. The maximum absolute atomic E-state index is 6.58. The van der Waals surface area contributed by atoms with Crippen LogP contribution in [0.15, 0.2) is 0 Å². The fraction of sp³-hybridized carbons (Fsp3) is 0.905. The minimum Gasteiger partial charge on any atom is -0.405 e. The van der Waals surface area contributed by atoms with Crippen molar-refractivity contribution in [3.05, 3.63) is 0 Å². The van der Waals surface area contributed by atoms with Crippen molar-refractivity contribution in [3.8, 4) is 11.2 Å². The second kappa shape index (κ2) is 10.6. The second-order valence-electron chi connectivity index (χ2n) is 9.30. The minimum absolute atomic E-state index is 0.604. The van der Waals surface area contributed by atoms with E-state index in [-0.39, 0.29) is 0 Å². The summed E-state index contributed by atoms with van der Waals surface area (Å²) in [5.74, 6) is 3.39. The van der Waals surface area contributed by atoms with Crippen molar-refractivity contribution in [1.82, 2.24) is 0 Å². The van der Waals surface area contributed by atoms with Crippen LogP contribution in [0.1, 0.15) is 83.1 Å². The Bertz CT molecular complexity index is 401. The van der Waals surface area contributed by atoms with Gasteiger partial charge >= 0.3 is 0 Å². The fourth-order valence-electron chi connectivity index (χ4n) is 5.17. The number of hydrogen-bond acceptors (Lipinski definition) is 2. The van der Waals surface area contributed by atoms with Crippen LogP contribution in [-0.2, 0) is 4.43 Å². The Morgan fingerprint density at radius 3 is 1.28 bits per heavy atom. The lowest BCUT2D eigenvalue weighted by atomic mass is 10.5. The molecule has 0 unspecified atom stereocenters. The zero-order valence-electron chi connectivity index (χ0n) is 19.0. The van der Waals surface area contributed by atoms with Gasteiger partial charge in [-0.15, -0.1) is 11.2 Å². The zero-order chi connectivity index (χ0) is 20.0. The molecule has 0 fully saturated rings. The third kappa shape index (κ3) is 5.64. The van der Waals surface area contributed by atoms with Crippen LogP contribution in [0, 0.1) is 11.2 Å². The van der Waals surface area contributed by atoms with Gasteiger partial charge in [0.25, 0.3) is 0 Å². The monoisotopic (exact) mass is 400 g/mol. The molecule has 0 amide bonds. The molecule has 1 nitrogen and oxygen atoms in total. The maximum atomic E-state index is 6.58. The summed E-state index contributed by atoms with van der Waals surface area (Å²) in [6, 6.07) is 0. The van der Waals surface area contributed by atoms with Crippen molar-refractivity contribution in [2.24, 2.45) is 0 Å². The predicted molar refractivity (Wildman–Crippen MR) is 123 cm³/mol. The van der Waals surface area contributed by atoms with Crippen LogP contribution in [0.3, 0.4) is 0 Å². The predicted octanol–water partition coefficient (Wildman–Crippen LogP) is 8.05. The molecule has 0 rings (SSSR count). The van der Waals surface area contributed by atoms with Gasteiger partial charge in [-0.3, -0.25) is 0 Å². The second-order valence-corrected chi connectivity index (χ2v) is 23.1. The minimum atomic E-state index is -1.79. The van der Waals surface area contributed by atoms with E-state index in [1.165, 1.54) is 0 Å². The van der Waals surface area contributed by atoms with Crippen LogP contribution in [-0.4, -0.2) is 22.1 Å². The number of rotatable bonds is 9. The topological polar surface area (TPSA) is 9.23 Å². The first kappa shape index (κ1) is 25.3. The molecular weight excluding hydrogens is 356 g/mol. The quantitative estimate of drug-likeness (QED) is 0.286. The molecule has 0 aromatic carbocycles. The molecule has 0 spiro atoms. The third-order valence-electron chi connectivity index (χ3n) is 6.11. The SMILES string of the molecule is CC(C)[Si](OCC#CS[Si](C(C)C)(C(C)C)C(C)C)(C(C)C)C(C)C. The van der Waals surface area contributed by atoms with Crippen molar-refractivity contribution in [2.45, 2.75) is 116 Å². The van der Waals surface area contributed by atoms with E-state index in [1.54, 1.807) is 0 Å². The molecule has 0 N–H and O–H groups in total. The molecule has 0 atom stereocenters. The van der Waals surface area contributed by atoms with Crippen LogP contribution in [0.5, 0.6) is 0 Å². The summed E-state index contributed by atoms with van der Waals surface area (Å²) in [5.41, 5.74) is 4.08. The van der Waals surface area contributed by atoms with Gasteiger partial charge in [-0.1, -0.05) is 89.0 Å². The Morgan fingerprint density at radius 2 is 1.00 bits per heavy atom. The van der Waals surface area contributed by atoms with Crippen LogP contribution in [0.4, 0.5) is 0 Å². The van der Waals surface area contributed by atoms with Crippen LogP contribution < -0.4 is 0 Å². The highest BCUT2D eigenvalue weighted by atomic mass is 32.4. The van der Waals surface area contributed by atoms with Crippen molar-refractivity contribution in [2.75, 3.05) is 6.61 Å². The molecule has 0 bridgehead atoms. The third-order valence-corrected chi connectivity index (χ3v) is 23.8. The largest absolute Gasteiger partial charge is 0.405 e. The molecule has 0 aliphatic carbocycles. The Hall–Kier alpha value is 0.304. The molecule has 25 heavy (non-hydrogen) atoms. The summed E-state index contributed by atoms with van der Waals surface area (Å²) in [6.45, 7) is 29.0. The lowest BCUT2D eigenvalue weighted by molar-refractivity contribution is 0.322. The average molecular weight is 401 g/mol. The standard InChI is InChI=1S/C21H44OSSi2/c1-16(2)24(17(3)4,18(5)6)22-14-13-15-23-25(19(7)8,20(9)10)21(11)12/h16-21H,14H2,1-12H3. The van der Waals surface area contributed by atoms with E-state index in [4.69, 9.17) is 4.43 Å². The van der Waals surface area contributed by atoms with E-state index < -0.39 is 15.5 Å². The lowest BCUT2D eigenvalue weighted by Crippen LogP contribution is -2.47. The first-order chi connectivity index (χ1) is 11.4. The summed E-state index contributed by atoms with van der Waals surface area (Å²) in [7, 11) is -3.28. The van der Waals surface area contributed by atoms with Gasteiger partial charge in [0.1, 0.15) is 7.22 Å². The van der Waals surface area contributed by atoms with Crippen molar-refractivity contribution >= 4 is 26.8 Å². The van der Waals surface area contributed by atoms with Gasteiger partial charge in [0.2, 0.25) is 8.32 Å². The molecule has 0 aliphatic rings. The van der Waals surface area contributed by atoms with Gasteiger partial charge in [-0.25, -0.2) is 0 Å². The summed E-state index contributed by atoms with van der Waals surface area (Å²) in [4.78, 5) is 0. The first-order valence-corrected chi connectivity index (χ1v) is 16.1. The van der Waals surface area contributed by atoms with Crippen molar-refractivity contribution < 1.29 is 4.43 Å². The Kier molecular flexibility index (Phi) is 10.7. The fourth-order valence-corrected chi connectivity index (χ4v) is 18.4. The normalized spacial score (nSPS) is 13.5. The van der Waals surface area contributed by atoms with Gasteiger partial charge in [0, 0.05) is 0 Å². The maximum Gasteiger partial charge on any atom is 0.201 e. The van der Waals surface area contributed by atoms with Gasteiger partial charge in [0.05, 0.1) is 6.61 Å². The summed E-state index contributed by atoms with van der Waals surface area (Å²) >= 11 is 1.98. The molecule has 0 aliphatic heterocycles. The van der Waals surface area contributed by atoms with Gasteiger partial charge in [0.15, 0.2) is 0 Å². The molecule has 4 heteroatoms. The van der Waals surface area contributed by atoms with Gasteiger partial charge in [-0.05, 0) is 38.5 Å².